The molecule has 0 aliphatic rings. The van der Waals surface area contributed by atoms with Crippen LogP contribution < -0.4 is 4.74 Å². The van der Waals surface area contributed by atoms with Crippen molar-refractivity contribution in [2.45, 2.75) is 13.8 Å². The summed E-state index contributed by atoms with van der Waals surface area (Å²) < 4.78 is 5.67. The minimum Gasteiger partial charge on any atom is -0.492 e. The average molecular weight is 279 g/mol. The lowest BCUT2D eigenvalue weighted by atomic mass is 9.99. The normalized spacial score (nSPS) is 12.9. The van der Waals surface area contributed by atoms with E-state index < -0.39 is 0 Å². The molecule has 4 heteroatoms. The van der Waals surface area contributed by atoms with E-state index in [-0.39, 0.29) is 0 Å². The zero-order valence-electron chi connectivity index (χ0n) is 9.41. The monoisotopic (exact) mass is 278 g/mol. The summed E-state index contributed by atoms with van der Waals surface area (Å²) in [7, 11) is 0. The molecule has 0 spiro atoms. The van der Waals surface area contributed by atoms with Crippen LogP contribution in [-0.2, 0) is 0 Å². The fourth-order valence-electron chi connectivity index (χ4n) is 1.24. The van der Waals surface area contributed by atoms with Crippen molar-refractivity contribution in [1.82, 2.24) is 0 Å². The highest BCUT2D eigenvalue weighted by atomic mass is 35.5. The maximum atomic E-state index is 6.00. The first-order valence-electron chi connectivity index (χ1n) is 5.23. The van der Waals surface area contributed by atoms with E-state index in [1.54, 1.807) is 18.2 Å². The highest BCUT2D eigenvalue weighted by Gasteiger charge is 2.13. The Balaban J connectivity index is 2.63. The molecule has 0 heterocycles. The van der Waals surface area contributed by atoms with Crippen molar-refractivity contribution in [3.63, 3.8) is 0 Å². The molecular weight excluding hydrogens is 263 g/mol. The molecule has 0 saturated carbocycles. The van der Waals surface area contributed by atoms with Crippen LogP contribution in [0.4, 0.5) is 0 Å². The second-order valence-corrected chi connectivity index (χ2v) is 5.28. The molecule has 0 aromatic heterocycles. The number of ether oxygens (including phenoxy) is 1. The van der Waals surface area contributed by atoms with Gasteiger partial charge < -0.3 is 4.74 Å². The summed E-state index contributed by atoms with van der Waals surface area (Å²) in [5.41, 5.74) is 0. The minimum atomic E-state index is 0.415. The smallest absolute Gasteiger partial charge is 0.139 e. The lowest BCUT2D eigenvalue weighted by molar-refractivity contribution is 0.227. The van der Waals surface area contributed by atoms with E-state index in [2.05, 4.69) is 26.5 Å². The molecule has 0 aliphatic heterocycles. The van der Waals surface area contributed by atoms with Crippen LogP contribution in [0.15, 0.2) is 18.2 Å². The Hall–Kier alpha value is -0.0500. The van der Waals surface area contributed by atoms with Gasteiger partial charge in [-0.05, 0) is 23.8 Å². The van der Waals surface area contributed by atoms with Gasteiger partial charge in [0.1, 0.15) is 5.75 Å². The number of halogens is 2. The molecule has 90 valence electrons. The Bertz CT molecular complexity index is 342. The summed E-state index contributed by atoms with van der Waals surface area (Å²) in [4.78, 5) is 0. The molecule has 1 aromatic carbocycles. The predicted molar refractivity (Wildman–Crippen MR) is 74.1 cm³/mol. The molecule has 0 N–H and O–H groups in total. The molecule has 16 heavy (non-hydrogen) atoms. The first kappa shape index (κ1) is 14.0. The predicted octanol–water partition coefficient (Wildman–Crippen LogP) is 4.57. The van der Waals surface area contributed by atoms with Crippen LogP contribution in [0.25, 0.3) is 0 Å². The van der Waals surface area contributed by atoms with E-state index in [1.807, 2.05) is 0 Å². The van der Waals surface area contributed by atoms with Crippen molar-refractivity contribution in [1.29, 1.82) is 0 Å². The lowest BCUT2D eigenvalue weighted by Gasteiger charge is -2.19. The second kappa shape index (κ2) is 6.63. The third-order valence-electron chi connectivity index (χ3n) is 2.52. The van der Waals surface area contributed by atoms with E-state index in [1.165, 1.54) is 0 Å². The average Bonchev–Trinajstić information content (AvgIpc) is 2.23. The standard InChI is InChI=1S/C12H16Cl2OS/c1-8(2)9(7-16)6-15-12-5-10(13)3-4-11(12)14/h3-5,8-9,16H,6-7H2,1-2H3. The minimum absolute atomic E-state index is 0.415. The van der Waals surface area contributed by atoms with Gasteiger partial charge in [-0.1, -0.05) is 37.0 Å². The summed E-state index contributed by atoms with van der Waals surface area (Å²) in [5.74, 6) is 2.39. The van der Waals surface area contributed by atoms with Gasteiger partial charge in [-0.3, -0.25) is 0 Å². The highest BCUT2D eigenvalue weighted by molar-refractivity contribution is 7.80. The van der Waals surface area contributed by atoms with Crippen molar-refractivity contribution >= 4 is 35.8 Å². The van der Waals surface area contributed by atoms with Gasteiger partial charge in [0.2, 0.25) is 0 Å². The summed E-state index contributed by atoms with van der Waals surface area (Å²) >= 11 is 16.2. The Morgan fingerprint density at radius 1 is 1.31 bits per heavy atom. The first-order valence-corrected chi connectivity index (χ1v) is 6.62. The Labute approximate surface area is 112 Å². The van der Waals surface area contributed by atoms with Crippen LogP contribution in [0.2, 0.25) is 10.0 Å². The summed E-state index contributed by atoms with van der Waals surface area (Å²) in [6.07, 6.45) is 0. The quantitative estimate of drug-likeness (QED) is 0.776. The van der Waals surface area contributed by atoms with Gasteiger partial charge in [-0.25, -0.2) is 0 Å². The highest BCUT2D eigenvalue weighted by Crippen LogP contribution is 2.28. The van der Waals surface area contributed by atoms with Gasteiger partial charge in [-0.2, -0.15) is 12.6 Å². The van der Waals surface area contributed by atoms with Crippen molar-refractivity contribution in [3.8, 4) is 5.75 Å². The van der Waals surface area contributed by atoms with Crippen molar-refractivity contribution in [2.24, 2.45) is 11.8 Å². The van der Waals surface area contributed by atoms with E-state index in [4.69, 9.17) is 27.9 Å². The largest absolute Gasteiger partial charge is 0.492 e. The van der Waals surface area contributed by atoms with E-state index in [9.17, 15) is 0 Å². The molecule has 0 fully saturated rings. The topological polar surface area (TPSA) is 9.23 Å². The summed E-state index contributed by atoms with van der Waals surface area (Å²) in [6.45, 7) is 4.93. The number of hydrogen-bond donors (Lipinski definition) is 1. The fraction of sp³-hybridized carbons (Fsp3) is 0.500. The van der Waals surface area contributed by atoms with E-state index in [0.717, 1.165) is 5.75 Å². The molecule has 1 unspecified atom stereocenters. The molecule has 0 amide bonds. The summed E-state index contributed by atoms with van der Waals surface area (Å²) in [6, 6.07) is 5.22. The van der Waals surface area contributed by atoms with Crippen molar-refractivity contribution < 1.29 is 4.74 Å². The van der Waals surface area contributed by atoms with Gasteiger partial charge in [0.25, 0.3) is 0 Å². The van der Waals surface area contributed by atoms with Gasteiger partial charge in [0, 0.05) is 17.0 Å². The second-order valence-electron chi connectivity index (χ2n) is 4.07. The molecule has 0 radical (unpaired) electrons. The van der Waals surface area contributed by atoms with Crippen LogP contribution in [0.1, 0.15) is 13.8 Å². The maximum absolute atomic E-state index is 6.00. The van der Waals surface area contributed by atoms with Crippen LogP contribution in [0.3, 0.4) is 0 Å². The maximum Gasteiger partial charge on any atom is 0.139 e. The molecule has 0 aliphatic carbocycles. The summed E-state index contributed by atoms with van der Waals surface area (Å²) in [5, 5.41) is 1.22. The van der Waals surface area contributed by atoms with Crippen LogP contribution in [-0.4, -0.2) is 12.4 Å². The number of benzene rings is 1. The molecule has 1 rings (SSSR count). The van der Waals surface area contributed by atoms with E-state index >= 15 is 0 Å². The van der Waals surface area contributed by atoms with Crippen LogP contribution >= 0.6 is 35.8 Å². The van der Waals surface area contributed by atoms with Crippen LogP contribution in [0, 0.1) is 11.8 Å². The van der Waals surface area contributed by atoms with Crippen molar-refractivity contribution in [2.75, 3.05) is 12.4 Å². The molecule has 1 atom stereocenters. The zero-order valence-corrected chi connectivity index (χ0v) is 11.8. The third kappa shape index (κ3) is 4.08. The first-order chi connectivity index (χ1) is 7.54. The zero-order chi connectivity index (χ0) is 12.1. The third-order valence-corrected chi connectivity index (χ3v) is 3.54. The molecule has 1 aromatic rings. The van der Waals surface area contributed by atoms with Gasteiger partial charge >= 0.3 is 0 Å². The van der Waals surface area contributed by atoms with E-state index in [0.29, 0.717) is 34.2 Å². The van der Waals surface area contributed by atoms with Gasteiger partial charge in [-0.15, -0.1) is 0 Å². The molecule has 1 nitrogen and oxygen atoms in total. The number of rotatable bonds is 5. The SMILES string of the molecule is CC(C)C(CS)COc1cc(Cl)ccc1Cl. The van der Waals surface area contributed by atoms with Gasteiger partial charge in [0.05, 0.1) is 11.6 Å². The molecular formula is C12H16Cl2OS. The van der Waals surface area contributed by atoms with Gasteiger partial charge in [0.15, 0.2) is 0 Å². The lowest BCUT2D eigenvalue weighted by Crippen LogP contribution is -2.19. The molecule has 0 saturated heterocycles. The molecule has 0 bridgehead atoms. The Morgan fingerprint density at radius 2 is 2.00 bits per heavy atom. The number of thiol groups is 1. The van der Waals surface area contributed by atoms with Crippen molar-refractivity contribution in [3.05, 3.63) is 28.2 Å². The Morgan fingerprint density at radius 3 is 2.56 bits per heavy atom. The fourth-order valence-corrected chi connectivity index (χ4v) is 2.10. The van der Waals surface area contributed by atoms with Crippen LogP contribution in [0.5, 0.6) is 5.75 Å². The Kier molecular flexibility index (Phi) is 5.81. The number of hydrogen-bond acceptors (Lipinski definition) is 2.